The molecule has 2 heterocycles. The van der Waals surface area contributed by atoms with Crippen LogP contribution in [-0.2, 0) is 0 Å². The molecule has 6 heteroatoms. The molecule has 0 atom stereocenters. The lowest BCUT2D eigenvalue weighted by molar-refractivity contribution is 0.433. The molecule has 0 saturated heterocycles. The van der Waals surface area contributed by atoms with Crippen LogP contribution < -0.4 is 5.73 Å². The maximum absolute atomic E-state index is 5.58. The van der Waals surface area contributed by atoms with Gasteiger partial charge in [-0.25, -0.2) is 4.98 Å². The third-order valence-corrected chi connectivity index (χ3v) is 3.36. The highest BCUT2D eigenvalue weighted by Gasteiger charge is 2.13. The number of hydrogen-bond acceptors (Lipinski definition) is 6. The van der Waals surface area contributed by atoms with Gasteiger partial charge in [-0.1, -0.05) is 40.8 Å². The minimum atomic E-state index is 0.447. The minimum Gasteiger partial charge on any atom is -0.375 e. The third-order valence-electron chi connectivity index (χ3n) is 2.55. The first kappa shape index (κ1) is 10.9. The Kier molecular flexibility index (Phi) is 2.56. The lowest BCUT2D eigenvalue weighted by Gasteiger charge is -1.97. The van der Waals surface area contributed by atoms with Crippen molar-refractivity contribution in [1.82, 2.24) is 15.1 Å². The first-order valence-electron chi connectivity index (χ1n) is 5.35. The second-order valence-electron chi connectivity index (χ2n) is 3.80. The van der Waals surface area contributed by atoms with Crippen LogP contribution in [0, 0.1) is 6.92 Å². The van der Waals surface area contributed by atoms with Crippen LogP contribution in [0.3, 0.4) is 0 Å². The fraction of sp³-hybridized carbons (Fsp3) is 0.0833. The maximum atomic E-state index is 5.58. The van der Waals surface area contributed by atoms with Crippen LogP contribution in [0.4, 0.5) is 5.13 Å². The Hall–Kier alpha value is -2.21. The standard InChI is InChI=1S/C12H10N4OS/c1-7-4-2-3-5-8(7)10-15-11(17-16-10)9-6-14-12(13)18-9/h2-6H,1H3,(H2,13,14). The van der Waals surface area contributed by atoms with E-state index in [4.69, 9.17) is 10.3 Å². The van der Waals surface area contributed by atoms with Gasteiger partial charge in [0.2, 0.25) is 5.82 Å². The summed E-state index contributed by atoms with van der Waals surface area (Å²) in [4.78, 5) is 9.10. The van der Waals surface area contributed by atoms with Crippen molar-refractivity contribution in [3.05, 3.63) is 36.0 Å². The summed E-state index contributed by atoms with van der Waals surface area (Å²) in [6, 6.07) is 7.90. The summed E-state index contributed by atoms with van der Waals surface area (Å²) >= 11 is 1.32. The Morgan fingerprint density at radius 3 is 2.83 bits per heavy atom. The van der Waals surface area contributed by atoms with Gasteiger partial charge in [-0.2, -0.15) is 4.98 Å². The van der Waals surface area contributed by atoms with Crippen molar-refractivity contribution in [3.63, 3.8) is 0 Å². The van der Waals surface area contributed by atoms with Crippen LogP contribution in [0.2, 0.25) is 0 Å². The van der Waals surface area contributed by atoms with Crippen molar-refractivity contribution in [2.45, 2.75) is 6.92 Å². The zero-order valence-electron chi connectivity index (χ0n) is 9.62. The molecule has 3 aromatic rings. The zero-order chi connectivity index (χ0) is 12.5. The van der Waals surface area contributed by atoms with Gasteiger partial charge in [0.05, 0.1) is 6.20 Å². The van der Waals surface area contributed by atoms with Crippen molar-refractivity contribution >= 4 is 16.5 Å². The Morgan fingerprint density at radius 1 is 1.28 bits per heavy atom. The molecule has 0 unspecified atom stereocenters. The maximum Gasteiger partial charge on any atom is 0.270 e. The highest BCUT2D eigenvalue weighted by molar-refractivity contribution is 7.18. The molecule has 90 valence electrons. The average Bonchev–Trinajstić information content (AvgIpc) is 2.98. The summed E-state index contributed by atoms with van der Waals surface area (Å²) in [6.45, 7) is 2.01. The monoisotopic (exact) mass is 258 g/mol. The number of thiazole rings is 1. The Balaban J connectivity index is 2.02. The van der Waals surface area contributed by atoms with E-state index in [0.29, 0.717) is 16.8 Å². The van der Waals surface area contributed by atoms with Gasteiger partial charge >= 0.3 is 0 Å². The molecule has 2 aromatic heterocycles. The van der Waals surface area contributed by atoms with Crippen LogP contribution >= 0.6 is 11.3 Å². The van der Waals surface area contributed by atoms with Gasteiger partial charge in [-0.15, -0.1) is 0 Å². The van der Waals surface area contributed by atoms with E-state index < -0.39 is 0 Å². The topological polar surface area (TPSA) is 77.8 Å². The highest BCUT2D eigenvalue weighted by Crippen LogP contribution is 2.28. The quantitative estimate of drug-likeness (QED) is 0.764. The minimum absolute atomic E-state index is 0.447. The number of nitrogen functional groups attached to an aromatic ring is 1. The summed E-state index contributed by atoms with van der Waals surface area (Å²) < 4.78 is 5.23. The Bertz CT molecular complexity index is 689. The molecule has 0 aliphatic heterocycles. The number of nitrogens with zero attached hydrogens (tertiary/aromatic N) is 3. The molecule has 0 saturated carbocycles. The number of aromatic nitrogens is 3. The van der Waals surface area contributed by atoms with E-state index in [1.165, 1.54) is 11.3 Å². The first-order chi connectivity index (χ1) is 8.74. The second-order valence-corrected chi connectivity index (χ2v) is 4.86. The van der Waals surface area contributed by atoms with Gasteiger partial charge in [-0.3, -0.25) is 0 Å². The molecule has 0 spiro atoms. The molecule has 18 heavy (non-hydrogen) atoms. The molecule has 0 aliphatic carbocycles. The van der Waals surface area contributed by atoms with Crippen molar-refractivity contribution in [2.75, 3.05) is 5.73 Å². The molecular formula is C12H10N4OS. The highest BCUT2D eigenvalue weighted by atomic mass is 32.1. The van der Waals surface area contributed by atoms with E-state index in [-0.39, 0.29) is 0 Å². The van der Waals surface area contributed by atoms with E-state index in [1.54, 1.807) is 6.20 Å². The van der Waals surface area contributed by atoms with E-state index in [1.807, 2.05) is 31.2 Å². The lowest BCUT2D eigenvalue weighted by atomic mass is 10.1. The smallest absolute Gasteiger partial charge is 0.270 e. The molecule has 0 bridgehead atoms. The molecule has 0 radical (unpaired) electrons. The first-order valence-corrected chi connectivity index (χ1v) is 6.17. The van der Waals surface area contributed by atoms with Crippen molar-refractivity contribution in [3.8, 4) is 22.2 Å². The van der Waals surface area contributed by atoms with Crippen molar-refractivity contribution < 1.29 is 4.52 Å². The van der Waals surface area contributed by atoms with Gasteiger partial charge in [0, 0.05) is 5.56 Å². The fourth-order valence-electron chi connectivity index (χ4n) is 1.64. The van der Waals surface area contributed by atoms with E-state index in [0.717, 1.165) is 16.0 Å². The van der Waals surface area contributed by atoms with Crippen LogP contribution in [0.25, 0.3) is 22.2 Å². The molecule has 0 amide bonds. The number of nitrogens with two attached hydrogens (primary N) is 1. The van der Waals surface area contributed by atoms with E-state index in [9.17, 15) is 0 Å². The zero-order valence-corrected chi connectivity index (χ0v) is 10.4. The van der Waals surface area contributed by atoms with Crippen molar-refractivity contribution in [2.24, 2.45) is 0 Å². The summed E-state index contributed by atoms with van der Waals surface area (Å²) in [7, 11) is 0. The van der Waals surface area contributed by atoms with E-state index in [2.05, 4.69) is 15.1 Å². The predicted molar refractivity (Wildman–Crippen MR) is 70.0 cm³/mol. The summed E-state index contributed by atoms with van der Waals surface area (Å²) in [6.07, 6.45) is 1.63. The molecule has 1 aromatic carbocycles. The number of benzene rings is 1. The number of hydrogen-bond donors (Lipinski definition) is 1. The molecule has 0 fully saturated rings. The summed E-state index contributed by atoms with van der Waals surface area (Å²) in [5.41, 5.74) is 7.64. The third kappa shape index (κ3) is 1.86. The van der Waals surface area contributed by atoms with Crippen LogP contribution in [0.15, 0.2) is 35.0 Å². The largest absolute Gasteiger partial charge is 0.375 e. The molecular weight excluding hydrogens is 248 g/mol. The molecule has 0 aliphatic rings. The lowest BCUT2D eigenvalue weighted by Crippen LogP contribution is -1.84. The second kappa shape index (κ2) is 4.23. The molecule has 5 nitrogen and oxygen atoms in total. The van der Waals surface area contributed by atoms with Crippen LogP contribution in [0.5, 0.6) is 0 Å². The number of aryl methyl sites for hydroxylation is 1. The van der Waals surface area contributed by atoms with Gasteiger partial charge in [0.15, 0.2) is 5.13 Å². The van der Waals surface area contributed by atoms with Gasteiger partial charge < -0.3 is 10.3 Å². The predicted octanol–water partition coefficient (Wildman–Crippen LogP) is 2.75. The van der Waals surface area contributed by atoms with Gasteiger partial charge in [-0.05, 0) is 12.5 Å². The number of anilines is 1. The number of rotatable bonds is 2. The fourth-order valence-corrected chi connectivity index (χ4v) is 2.25. The molecule has 3 rings (SSSR count). The van der Waals surface area contributed by atoms with Crippen LogP contribution in [-0.4, -0.2) is 15.1 Å². The normalized spacial score (nSPS) is 10.7. The average molecular weight is 258 g/mol. The van der Waals surface area contributed by atoms with Crippen molar-refractivity contribution in [1.29, 1.82) is 0 Å². The van der Waals surface area contributed by atoms with Crippen LogP contribution in [0.1, 0.15) is 5.56 Å². The SMILES string of the molecule is Cc1ccccc1-c1noc(-c2cnc(N)s2)n1. The van der Waals surface area contributed by atoms with E-state index >= 15 is 0 Å². The molecule has 2 N–H and O–H groups in total. The summed E-state index contributed by atoms with van der Waals surface area (Å²) in [5.74, 6) is 1.03. The van der Waals surface area contributed by atoms with Gasteiger partial charge in [0.1, 0.15) is 4.88 Å². The summed E-state index contributed by atoms with van der Waals surface area (Å²) in [5, 5.41) is 4.47. The Morgan fingerprint density at radius 2 is 2.11 bits per heavy atom. The van der Waals surface area contributed by atoms with Gasteiger partial charge in [0.25, 0.3) is 5.89 Å². The Labute approximate surface area is 107 Å².